The Morgan fingerprint density at radius 1 is 1.39 bits per heavy atom. The first kappa shape index (κ1) is 17.7. The van der Waals surface area contributed by atoms with Crippen LogP contribution in [0.25, 0.3) is 0 Å². The van der Waals surface area contributed by atoms with E-state index in [-0.39, 0.29) is 12.0 Å². The molecule has 0 aromatic rings. The Morgan fingerprint density at radius 2 is 2.00 bits per heavy atom. The predicted octanol–water partition coefficient (Wildman–Crippen LogP) is 2.84. The highest BCUT2D eigenvalue weighted by atomic mass is 19.4. The van der Waals surface area contributed by atoms with Crippen LogP contribution in [0.3, 0.4) is 0 Å². The number of oxime groups is 1. The molecular weight excluding hydrogens is 315 g/mol. The molecule has 1 amide bonds. The Kier molecular flexibility index (Phi) is 4.68. The molecule has 1 unspecified atom stereocenters. The van der Waals surface area contributed by atoms with E-state index in [1.165, 1.54) is 7.05 Å². The van der Waals surface area contributed by atoms with Gasteiger partial charge in [0.25, 0.3) is 5.84 Å². The number of rotatable bonds is 3. The minimum absolute atomic E-state index is 0.00966. The van der Waals surface area contributed by atoms with Gasteiger partial charge < -0.3 is 19.8 Å². The maximum Gasteiger partial charge on any atom is 0.452 e. The largest absolute Gasteiger partial charge is 0.452 e. The third-order valence-corrected chi connectivity index (χ3v) is 3.77. The van der Waals surface area contributed by atoms with E-state index >= 15 is 0 Å². The number of hydrogen-bond acceptors (Lipinski definition) is 5. The Balaban J connectivity index is 1.70. The molecule has 0 bridgehead atoms. The molecule has 1 N–H and O–H groups in total. The quantitative estimate of drug-likeness (QED) is 0.860. The van der Waals surface area contributed by atoms with Gasteiger partial charge >= 0.3 is 12.3 Å². The van der Waals surface area contributed by atoms with E-state index in [9.17, 15) is 18.0 Å². The number of carbonyl (C=O) groups excluding carboxylic acids is 1. The molecule has 1 aliphatic heterocycles. The van der Waals surface area contributed by atoms with Crippen molar-refractivity contribution in [1.29, 1.82) is 0 Å². The molecule has 6 nitrogen and oxygen atoms in total. The van der Waals surface area contributed by atoms with Gasteiger partial charge in [0.2, 0.25) is 6.23 Å². The molecule has 0 aromatic carbocycles. The van der Waals surface area contributed by atoms with Crippen LogP contribution in [0.5, 0.6) is 0 Å². The number of alkyl carbamates (subject to hydrolysis) is 1. The number of amides is 1. The van der Waals surface area contributed by atoms with Gasteiger partial charge in [-0.3, -0.25) is 0 Å². The summed E-state index contributed by atoms with van der Waals surface area (Å²) in [5.74, 6) is -0.824. The number of nitrogens with one attached hydrogen (secondary N) is 1. The molecule has 2 rings (SSSR count). The number of alkyl halides is 3. The van der Waals surface area contributed by atoms with E-state index in [0.29, 0.717) is 19.3 Å². The Hall–Kier alpha value is -1.67. The lowest BCUT2D eigenvalue weighted by molar-refractivity contribution is -0.0698. The molecule has 0 saturated heterocycles. The summed E-state index contributed by atoms with van der Waals surface area (Å²) < 4.78 is 43.1. The molecule has 1 aliphatic carbocycles. The molecule has 23 heavy (non-hydrogen) atoms. The van der Waals surface area contributed by atoms with Crippen LogP contribution in [0.4, 0.5) is 18.0 Å². The summed E-state index contributed by atoms with van der Waals surface area (Å²) in [7, 11) is 1.32. The van der Waals surface area contributed by atoms with E-state index in [1.807, 2.05) is 0 Å². The second-order valence-electron chi connectivity index (χ2n) is 7.00. The monoisotopic (exact) mass is 337 g/mol. The van der Waals surface area contributed by atoms with Crippen LogP contribution in [0.2, 0.25) is 0 Å². The smallest absolute Gasteiger partial charge is 0.444 e. The average molecular weight is 337 g/mol. The molecular formula is C14H22F3N3O3. The van der Waals surface area contributed by atoms with E-state index in [0.717, 1.165) is 4.90 Å². The lowest BCUT2D eigenvalue weighted by atomic mass is 9.78. The first-order valence-electron chi connectivity index (χ1n) is 7.49. The summed E-state index contributed by atoms with van der Waals surface area (Å²) in [6.45, 7) is 5.34. The maximum absolute atomic E-state index is 12.6. The Morgan fingerprint density at radius 3 is 2.48 bits per heavy atom. The van der Waals surface area contributed by atoms with Crippen LogP contribution in [0.1, 0.15) is 40.0 Å². The minimum atomic E-state index is -4.51. The fourth-order valence-electron chi connectivity index (χ4n) is 2.64. The van der Waals surface area contributed by atoms with Gasteiger partial charge in [0.1, 0.15) is 5.60 Å². The summed E-state index contributed by atoms with van der Waals surface area (Å²) in [6.07, 6.45) is -3.88. The standard InChI is InChI=1S/C14H22F3N3O3/c1-13(2,3)22-12(21)18-9-5-8(6-9)7-10-20(4)11(19-23-10)14(15,16)17/h8-10H,5-7H2,1-4H3,(H,18,21)/t8-,9+,10?. The maximum atomic E-state index is 12.6. The molecule has 1 atom stereocenters. The third kappa shape index (κ3) is 4.65. The first-order valence-corrected chi connectivity index (χ1v) is 7.49. The van der Waals surface area contributed by atoms with Gasteiger partial charge in [-0.05, 0) is 39.5 Å². The highest BCUT2D eigenvalue weighted by Gasteiger charge is 2.46. The summed E-state index contributed by atoms with van der Waals surface area (Å²) in [5.41, 5.74) is -0.557. The van der Waals surface area contributed by atoms with Gasteiger partial charge in [0.15, 0.2) is 0 Å². The molecule has 132 valence electrons. The van der Waals surface area contributed by atoms with Crippen molar-refractivity contribution in [2.75, 3.05) is 7.05 Å². The SMILES string of the molecule is CN1C(C(F)(F)F)=NOC1C[C@H]1C[C@@H](NC(=O)OC(C)(C)C)C1. The fraction of sp³-hybridized carbons (Fsp3) is 0.857. The number of hydrogen-bond donors (Lipinski definition) is 1. The predicted molar refractivity (Wildman–Crippen MR) is 76.6 cm³/mol. The van der Waals surface area contributed by atoms with Gasteiger partial charge in [-0.2, -0.15) is 13.2 Å². The zero-order valence-corrected chi connectivity index (χ0v) is 13.6. The van der Waals surface area contributed by atoms with E-state index in [1.54, 1.807) is 20.8 Å². The van der Waals surface area contributed by atoms with Gasteiger partial charge in [-0.25, -0.2) is 4.79 Å². The molecule has 0 aromatic heterocycles. The number of carbonyl (C=O) groups is 1. The van der Waals surface area contributed by atoms with Crippen LogP contribution >= 0.6 is 0 Å². The molecule has 0 spiro atoms. The van der Waals surface area contributed by atoms with Crippen LogP contribution in [-0.2, 0) is 9.57 Å². The van der Waals surface area contributed by atoms with Crippen LogP contribution in [0.15, 0.2) is 5.16 Å². The topological polar surface area (TPSA) is 63.2 Å². The second-order valence-corrected chi connectivity index (χ2v) is 7.00. The van der Waals surface area contributed by atoms with Crippen LogP contribution < -0.4 is 5.32 Å². The summed E-state index contributed by atoms with van der Waals surface area (Å²) in [5, 5.41) is 5.86. The van der Waals surface area contributed by atoms with Gasteiger partial charge in [0.05, 0.1) is 0 Å². The normalized spacial score (nSPS) is 27.9. The number of nitrogens with zero attached hydrogens (tertiary/aromatic N) is 2. The van der Waals surface area contributed by atoms with Crippen molar-refractivity contribution in [2.45, 2.75) is 64.1 Å². The summed E-state index contributed by atoms with van der Waals surface area (Å²) >= 11 is 0. The Labute approximate surface area is 133 Å². The van der Waals surface area contributed by atoms with Crippen molar-refractivity contribution < 1.29 is 27.5 Å². The van der Waals surface area contributed by atoms with Crippen molar-refractivity contribution in [1.82, 2.24) is 10.2 Å². The van der Waals surface area contributed by atoms with Gasteiger partial charge in [0, 0.05) is 19.5 Å². The van der Waals surface area contributed by atoms with Crippen molar-refractivity contribution in [3.05, 3.63) is 0 Å². The van der Waals surface area contributed by atoms with Crippen molar-refractivity contribution in [3.63, 3.8) is 0 Å². The first-order chi connectivity index (χ1) is 10.5. The molecule has 1 heterocycles. The zero-order chi connectivity index (χ0) is 17.4. The number of halogens is 3. The van der Waals surface area contributed by atoms with E-state index in [4.69, 9.17) is 9.57 Å². The van der Waals surface area contributed by atoms with Crippen molar-refractivity contribution in [2.24, 2.45) is 11.1 Å². The second kappa shape index (κ2) is 6.09. The fourth-order valence-corrected chi connectivity index (χ4v) is 2.64. The van der Waals surface area contributed by atoms with Gasteiger partial charge in [-0.15, -0.1) is 0 Å². The summed E-state index contributed by atoms with van der Waals surface area (Å²) in [4.78, 5) is 17.5. The number of amidine groups is 1. The van der Waals surface area contributed by atoms with E-state index < -0.39 is 29.9 Å². The molecule has 9 heteroatoms. The van der Waals surface area contributed by atoms with Crippen LogP contribution in [-0.4, -0.2) is 47.9 Å². The average Bonchev–Trinajstić information content (AvgIpc) is 2.65. The molecule has 2 aliphatic rings. The highest BCUT2D eigenvalue weighted by Crippen LogP contribution is 2.35. The van der Waals surface area contributed by atoms with Crippen molar-refractivity contribution >= 4 is 11.9 Å². The summed E-state index contributed by atoms with van der Waals surface area (Å²) in [6, 6.07) is -0.00966. The molecule has 0 radical (unpaired) electrons. The van der Waals surface area contributed by atoms with Gasteiger partial charge in [-0.1, -0.05) is 5.16 Å². The molecule has 1 saturated carbocycles. The lowest BCUT2D eigenvalue weighted by Crippen LogP contribution is -2.48. The number of ether oxygens (including phenoxy) is 1. The highest BCUT2D eigenvalue weighted by molar-refractivity contribution is 5.87. The minimum Gasteiger partial charge on any atom is -0.444 e. The lowest BCUT2D eigenvalue weighted by Gasteiger charge is -2.37. The Bertz CT molecular complexity index is 482. The zero-order valence-electron chi connectivity index (χ0n) is 13.6. The van der Waals surface area contributed by atoms with Crippen molar-refractivity contribution in [3.8, 4) is 0 Å². The molecule has 1 fully saturated rings. The third-order valence-electron chi connectivity index (χ3n) is 3.77. The van der Waals surface area contributed by atoms with E-state index in [2.05, 4.69) is 10.5 Å². The van der Waals surface area contributed by atoms with Crippen LogP contribution in [0, 0.1) is 5.92 Å².